The predicted molar refractivity (Wildman–Crippen MR) is 256 cm³/mol. The fourth-order valence-corrected chi connectivity index (χ4v) is 8.32. The van der Waals surface area contributed by atoms with E-state index in [4.69, 9.17) is 9.05 Å². The summed E-state index contributed by atoms with van der Waals surface area (Å²) in [4.78, 5) is 25.4. The summed E-state index contributed by atoms with van der Waals surface area (Å²) in [5, 5.41) is 14.0. The number of phosphoric ester groups is 1. The van der Waals surface area contributed by atoms with E-state index in [1.54, 1.807) is 0 Å². The Labute approximate surface area is 373 Å². The van der Waals surface area contributed by atoms with E-state index in [0.29, 0.717) is 23.9 Å². The van der Waals surface area contributed by atoms with Crippen LogP contribution in [0.4, 0.5) is 0 Å². The number of carbonyl (C=O) groups excluding carboxylic acids is 1. The number of amides is 1. The van der Waals surface area contributed by atoms with Crippen molar-refractivity contribution in [3.63, 3.8) is 0 Å². The van der Waals surface area contributed by atoms with E-state index < -0.39 is 20.0 Å². The van der Waals surface area contributed by atoms with Crippen LogP contribution in [0.15, 0.2) is 24.3 Å². The second-order valence-electron chi connectivity index (χ2n) is 18.9. The fraction of sp³-hybridized carbons (Fsp3) is 0.902. The highest BCUT2D eigenvalue weighted by atomic mass is 31.2. The van der Waals surface area contributed by atoms with E-state index in [2.05, 4.69) is 43.5 Å². The molecular formula is C51H101N2O6P. The third-order valence-electron chi connectivity index (χ3n) is 11.7. The maximum absolute atomic E-state index is 12.9. The lowest BCUT2D eigenvalue weighted by molar-refractivity contribution is -0.870. The summed E-state index contributed by atoms with van der Waals surface area (Å²) in [5.41, 5.74) is 0. The van der Waals surface area contributed by atoms with Crippen molar-refractivity contribution in [1.82, 2.24) is 5.32 Å². The zero-order chi connectivity index (χ0) is 44.3. The summed E-state index contributed by atoms with van der Waals surface area (Å²) in [5.74, 6) is -0.167. The Morgan fingerprint density at radius 2 is 0.967 bits per heavy atom. The molecule has 0 aromatic heterocycles. The minimum absolute atomic E-state index is 0.0123. The van der Waals surface area contributed by atoms with Crippen LogP contribution in [-0.4, -0.2) is 68.5 Å². The van der Waals surface area contributed by atoms with Crippen molar-refractivity contribution in [3.05, 3.63) is 24.3 Å². The van der Waals surface area contributed by atoms with E-state index >= 15 is 0 Å². The quantitative estimate of drug-likeness (QED) is 0.0273. The minimum atomic E-state index is -4.57. The number of unbranched alkanes of at least 4 members (excludes halogenated alkanes) is 30. The Bertz CT molecular complexity index is 1030. The summed E-state index contributed by atoms with van der Waals surface area (Å²) in [6.07, 6.45) is 51.8. The number of quaternary nitrogens is 1. The molecule has 0 spiro atoms. The third kappa shape index (κ3) is 45.0. The van der Waals surface area contributed by atoms with E-state index in [-0.39, 0.29) is 19.1 Å². The van der Waals surface area contributed by atoms with Gasteiger partial charge in [-0.3, -0.25) is 9.36 Å². The molecule has 0 aliphatic rings. The lowest BCUT2D eigenvalue weighted by Gasteiger charge is -2.30. The molecule has 0 aliphatic carbocycles. The van der Waals surface area contributed by atoms with Crippen LogP contribution in [0.1, 0.15) is 245 Å². The van der Waals surface area contributed by atoms with Crippen LogP contribution in [0.2, 0.25) is 0 Å². The molecule has 0 bridgehead atoms. The van der Waals surface area contributed by atoms with Crippen molar-refractivity contribution in [2.24, 2.45) is 0 Å². The molecule has 0 saturated carbocycles. The van der Waals surface area contributed by atoms with Gasteiger partial charge < -0.3 is 28.8 Å². The minimum Gasteiger partial charge on any atom is -0.756 e. The molecule has 2 N–H and O–H groups in total. The highest BCUT2D eigenvalue weighted by molar-refractivity contribution is 7.45. The topological polar surface area (TPSA) is 108 Å². The SMILES string of the molecule is CCCCC/C=C\C/C=C\CCCCCCCCCCCC(=O)NC(COP(=O)([O-])OCC[N+](C)(C)C)C(O)CCCCCCCCCCCCCCCCCCCCC. The Kier molecular flexibility index (Phi) is 42.5. The zero-order valence-electron chi connectivity index (χ0n) is 40.4. The second kappa shape index (κ2) is 43.2. The second-order valence-corrected chi connectivity index (χ2v) is 20.3. The van der Waals surface area contributed by atoms with Crippen molar-refractivity contribution in [1.29, 1.82) is 0 Å². The number of hydrogen-bond donors (Lipinski definition) is 2. The monoisotopic (exact) mass is 869 g/mol. The number of phosphoric acid groups is 1. The molecule has 356 valence electrons. The Hall–Kier alpha value is -1.02. The predicted octanol–water partition coefficient (Wildman–Crippen LogP) is 14.2. The molecule has 0 heterocycles. The van der Waals surface area contributed by atoms with Gasteiger partial charge in [0.1, 0.15) is 13.2 Å². The van der Waals surface area contributed by atoms with Crippen molar-refractivity contribution in [2.45, 2.75) is 257 Å². The molecule has 0 saturated heterocycles. The number of nitrogens with one attached hydrogen (secondary N) is 1. The van der Waals surface area contributed by atoms with Crippen LogP contribution in [0.5, 0.6) is 0 Å². The molecular weight excluding hydrogens is 768 g/mol. The number of likely N-dealkylation sites (N-methyl/N-ethyl adjacent to an activating group) is 1. The fourth-order valence-electron chi connectivity index (χ4n) is 7.60. The smallest absolute Gasteiger partial charge is 0.268 e. The standard InChI is InChI=1S/C51H101N2O6P/c1-6-8-10-12-14-16-18-20-22-24-26-28-30-32-34-36-38-40-42-44-50(54)49(48-59-60(56,57)58-47-46-53(3,4)5)52-51(55)45-43-41-39-37-35-33-31-29-27-25-23-21-19-17-15-13-11-9-7-2/h15,17,21,23,49-50,54H,6-14,16,18-20,22,24-48H2,1-5H3,(H-,52,55,56,57)/b17-15-,23-21-. The van der Waals surface area contributed by atoms with Crippen LogP contribution < -0.4 is 10.2 Å². The van der Waals surface area contributed by atoms with Crippen molar-refractivity contribution >= 4 is 13.7 Å². The van der Waals surface area contributed by atoms with Crippen LogP contribution >= 0.6 is 7.82 Å². The van der Waals surface area contributed by atoms with E-state index in [0.717, 1.165) is 44.9 Å². The van der Waals surface area contributed by atoms with Crippen LogP contribution in [-0.2, 0) is 18.4 Å². The number of allylic oxidation sites excluding steroid dienone is 4. The van der Waals surface area contributed by atoms with E-state index in [1.165, 1.54) is 173 Å². The van der Waals surface area contributed by atoms with Gasteiger partial charge in [-0.2, -0.15) is 0 Å². The van der Waals surface area contributed by atoms with Gasteiger partial charge in [0.05, 0.1) is 39.9 Å². The first-order valence-electron chi connectivity index (χ1n) is 25.7. The molecule has 3 atom stereocenters. The van der Waals surface area contributed by atoms with Crippen LogP contribution in [0, 0.1) is 0 Å². The Morgan fingerprint density at radius 1 is 0.583 bits per heavy atom. The summed E-state index contributed by atoms with van der Waals surface area (Å²) in [6.45, 7) is 4.72. The molecule has 0 aliphatic heterocycles. The first kappa shape index (κ1) is 59.0. The van der Waals surface area contributed by atoms with Gasteiger partial charge in [0.25, 0.3) is 7.82 Å². The summed E-state index contributed by atoms with van der Waals surface area (Å²) in [6, 6.07) is -0.801. The number of nitrogens with zero attached hydrogens (tertiary/aromatic N) is 1. The third-order valence-corrected chi connectivity index (χ3v) is 12.7. The van der Waals surface area contributed by atoms with Crippen LogP contribution in [0.25, 0.3) is 0 Å². The molecule has 0 radical (unpaired) electrons. The van der Waals surface area contributed by atoms with Crippen molar-refractivity contribution in [3.8, 4) is 0 Å². The largest absolute Gasteiger partial charge is 0.756 e. The lowest BCUT2D eigenvalue weighted by atomic mass is 10.0. The first-order valence-corrected chi connectivity index (χ1v) is 27.1. The Balaban J connectivity index is 4.26. The molecule has 0 aromatic carbocycles. The summed E-state index contributed by atoms with van der Waals surface area (Å²) in [7, 11) is 1.31. The maximum atomic E-state index is 12.9. The lowest BCUT2D eigenvalue weighted by Crippen LogP contribution is -2.46. The first-order chi connectivity index (χ1) is 29.0. The molecule has 1 amide bonds. The number of hydrogen-bond acceptors (Lipinski definition) is 6. The Morgan fingerprint density at radius 3 is 1.42 bits per heavy atom. The molecule has 0 rings (SSSR count). The zero-order valence-corrected chi connectivity index (χ0v) is 41.3. The average Bonchev–Trinajstić information content (AvgIpc) is 3.20. The molecule has 60 heavy (non-hydrogen) atoms. The number of rotatable bonds is 47. The van der Waals surface area contributed by atoms with Crippen molar-refractivity contribution in [2.75, 3.05) is 40.9 Å². The van der Waals surface area contributed by atoms with Crippen molar-refractivity contribution < 1.29 is 32.9 Å². The molecule has 8 nitrogen and oxygen atoms in total. The van der Waals surface area contributed by atoms with Gasteiger partial charge in [0.2, 0.25) is 5.91 Å². The van der Waals surface area contributed by atoms with Gasteiger partial charge in [0, 0.05) is 6.42 Å². The summed E-state index contributed by atoms with van der Waals surface area (Å²) >= 11 is 0. The van der Waals surface area contributed by atoms with Gasteiger partial charge >= 0.3 is 0 Å². The highest BCUT2D eigenvalue weighted by Crippen LogP contribution is 2.38. The number of aliphatic hydroxyl groups is 1. The maximum Gasteiger partial charge on any atom is 0.268 e. The van der Waals surface area contributed by atoms with Gasteiger partial charge in [-0.15, -0.1) is 0 Å². The van der Waals surface area contributed by atoms with Gasteiger partial charge in [-0.1, -0.05) is 218 Å². The number of aliphatic hydroxyl groups excluding tert-OH is 1. The molecule has 0 fully saturated rings. The average molecular weight is 869 g/mol. The van der Waals surface area contributed by atoms with Crippen LogP contribution in [0.3, 0.4) is 0 Å². The number of carbonyl (C=O) groups is 1. The molecule has 3 unspecified atom stereocenters. The van der Waals surface area contributed by atoms with E-state index in [1.807, 2.05) is 21.1 Å². The normalized spacial score (nSPS) is 14.3. The van der Waals surface area contributed by atoms with Gasteiger partial charge in [-0.25, -0.2) is 0 Å². The van der Waals surface area contributed by atoms with Gasteiger partial charge in [0.15, 0.2) is 0 Å². The highest BCUT2D eigenvalue weighted by Gasteiger charge is 2.24. The molecule has 0 aromatic rings. The molecule has 9 heteroatoms. The van der Waals surface area contributed by atoms with Gasteiger partial charge in [-0.05, 0) is 44.9 Å². The summed E-state index contributed by atoms with van der Waals surface area (Å²) < 4.78 is 23.4. The van der Waals surface area contributed by atoms with E-state index in [9.17, 15) is 19.4 Å².